The van der Waals surface area contributed by atoms with Gasteiger partial charge in [0.05, 0.1) is 19.8 Å². The minimum Gasteiger partial charge on any atom is -0.505 e. The maximum Gasteiger partial charge on any atom is 0.364 e. The highest BCUT2D eigenvalue weighted by molar-refractivity contribution is 5.95. The fourth-order valence-electron chi connectivity index (χ4n) is 1.53. The van der Waals surface area contributed by atoms with E-state index >= 15 is 0 Å². The van der Waals surface area contributed by atoms with E-state index in [-0.39, 0.29) is 19.0 Å². The van der Waals surface area contributed by atoms with Crippen LogP contribution in [0, 0.1) is 4.91 Å². The van der Waals surface area contributed by atoms with Crippen LogP contribution in [-0.4, -0.2) is 44.8 Å². The van der Waals surface area contributed by atoms with E-state index < -0.39 is 17.4 Å². The summed E-state index contributed by atoms with van der Waals surface area (Å²) in [5.41, 5.74) is -0.441. The molecule has 0 atom stereocenters. The standard InChI is InChI=1S/C15H19NO7/c1-3-22-15(18)13(16-19)14(17)11-4-6-12(7-5-11)23-10-21-9-8-20-2/h4-7,17H,3,8-10H2,1-2H3/b14-13+. The van der Waals surface area contributed by atoms with Crippen molar-refractivity contribution in [3.8, 4) is 5.75 Å². The predicted molar refractivity (Wildman–Crippen MR) is 81.7 cm³/mol. The van der Waals surface area contributed by atoms with Crippen LogP contribution < -0.4 is 4.74 Å². The van der Waals surface area contributed by atoms with Crippen LogP contribution in [0.15, 0.2) is 35.1 Å². The SMILES string of the molecule is CCOC(=O)/C(N=O)=C(\O)c1ccc(OCOCCOC)cc1. The monoisotopic (exact) mass is 325 g/mol. The molecule has 8 heteroatoms. The van der Waals surface area contributed by atoms with Crippen LogP contribution in [0.1, 0.15) is 12.5 Å². The highest BCUT2D eigenvalue weighted by atomic mass is 16.7. The third kappa shape index (κ3) is 6.05. The molecule has 0 aromatic heterocycles. The first kappa shape index (κ1) is 18.6. The Labute approximate surface area is 133 Å². The van der Waals surface area contributed by atoms with Gasteiger partial charge in [-0.1, -0.05) is 0 Å². The fraction of sp³-hybridized carbons (Fsp3) is 0.400. The third-order valence-corrected chi connectivity index (χ3v) is 2.65. The number of ether oxygens (including phenoxy) is 4. The molecule has 0 aliphatic heterocycles. The Morgan fingerprint density at radius 3 is 2.48 bits per heavy atom. The summed E-state index contributed by atoms with van der Waals surface area (Å²) < 4.78 is 19.9. The number of nitroso groups, excluding NO2 is 1. The molecule has 8 nitrogen and oxygen atoms in total. The molecule has 1 aromatic rings. The quantitative estimate of drug-likeness (QED) is 0.176. The van der Waals surface area contributed by atoms with Gasteiger partial charge in [-0.2, -0.15) is 0 Å². The molecule has 0 bridgehead atoms. The maximum atomic E-state index is 11.5. The molecular weight excluding hydrogens is 306 g/mol. The van der Waals surface area contributed by atoms with Gasteiger partial charge in [-0.05, 0) is 36.4 Å². The first-order valence-electron chi connectivity index (χ1n) is 6.87. The maximum absolute atomic E-state index is 11.5. The second kappa shape index (κ2) is 10.3. The lowest BCUT2D eigenvalue weighted by Gasteiger charge is -2.08. The third-order valence-electron chi connectivity index (χ3n) is 2.65. The molecule has 1 N–H and O–H groups in total. The molecule has 0 aliphatic carbocycles. The van der Waals surface area contributed by atoms with Crippen LogP contribution in [0.2, 0.25) is 0 Å². The minimum atomic E-state index is -0.980. The zero-order chi connectivity index (χ0) is 17.1. The van der Waals surface area contributed by atoms with Gasteiger partial charge in [0.1, 0.15) is 5.75 Å². The van der Waals surface area contributed by atoms with Crippen LogP contribution in [0.25, 0.3) is 5.76 Å². The van der Waals surface area contributed by atoms with Gasteiger partial charge in [-0.25, -0.2) is 4.79 Å². The van der Waals surface area contributed by atoms with Crippen LogP contribution in [0.5, 0.6) is 5.75 Å². The topological polar surface area (TPSA) is 104 Å². The zero-order valence-electron chi connectivity index (χ0n) is 13.0. The Morgan fingerprint density at radius 2 is 1.91 bits per heavy atom. The average molecular weight is 325 g/mol. The number of hydrogen-bond acceptors (Lipinski definition) is 8. The summed E-state index contributed by atoms with van der Waals surface area (Å²) in [6.45, 7) is 2.58. The largest absolute Gasteiger partial charge is 0.505 e. The Morgan fingerprint density at radius 1 is 1.22 bits per heavy atom. The molecular formula is C15H19NO7. The summed E-state index contributed by atoms with van der Waals surface area (Å²) in [5, 5.41) is 12.5. The molecule has 0 saturated heterocycles. The lowest BCUT2D eigenvalue weighted by atomic mass is 10.1. The number of carbonyl (C=O) groups is 1. The van der Waals surface area contributed by atoms with Crippen molar-refractivity contribution in [3.63, 3.8) is 0 Å². The van der Waals surface area contributed by atoms with Gasteiger partial charge in [-0.3, -0.25) is 0 Å². The van der Waals surface area contributed by atoms with Gasteiger partial charge >= 0.3 is 5.97 Å². The first-order valence-corrected chi connectivity index (χ1v) is 6.87. The zero-order valence-corrected chi connectivity index (χ0v) is 13.0. The smallest absolute Gasteiger partial charge is 0.364 e. The molecule has 1 aromatic carbocycles. The lowest BCUT2D eigenvalue weighted by molar-refractivity contribution is -0.138. The summed E-state index contributed by atoms with van der Waals surface area (Å²) in [6.07, 6.45) is 0. The van der Waals surface area contributed by atoms with Crippen molar-refractivity contribution >= 4 is 11.7 Å². The van der Waals surface area contributed by atoms with Crippen LogP contribution >= 0.6 is 0 Å². The van der Waals surface area contributed by atoms with Crippen molar-refractivity contribution in [2.75, 3.05) is 33.7 Å². The molecule has 0 spiro atoms. The Kier molecular flexibility index (Phi) is 8.33. The van der Waals surface area contributed by atoms with Crippen molar-refractivity contribution in [2.24, 2.45) is 5.18 Å². The van der Waals surface area contributed by atoms with Crippen molar-refractivity contribution in [3.05, 3.63) is 40.4 Å². The Hall–Kier alpha value is -2.45. The summed E-state index contributed by atoms with van der Waals surface area (Å²) in [5.74, 6) is -1.04. The number of benzene rings is 1. The van der Waals surface area contributed by atoms with Gasteiger partial charge in [-0.15, -0.1) is 4.91 Å². The van der Waals surface area contributed by atoms with Crippen LogP contribution in [0.4, 0.5) is 0 Å². The normalized spacial score (nSPS) is 11.6. The number of carbonyl (C=O) groups excluding carboxylic acids is 1. The molecule has 0 fully saturated rings. The van der Waals surface area contributed by atoms with E-state index in [0.717, 1.165) is 0 Å². The van der Waals surface area contributed by atoms with E-state index in [1.165, 1.54) is 12.1 Å². The number of nitrogens with zero attached hydrogens (tertiary/aromatic N) is 1. The van der Waals surface area contributed by atoms with E-state index in [0.29, 0.717) is 19.0 Å². The highest BCUT2D eigenvalue weighted by Crippen LogP contribution is 2.21. The highest BCUT2D eigenvalue weighted by Gasteiger charge is 2.19. The number of hydrogen-bond donors (Lipinski definition) is 1. The molecule has 0 amide bonds. The van der Waals surface area contributed by atoms with Gasteiger partial charge < -0.3 is 24.1 Å². The summed E-state index contributed by atoms with van der Waals surface area (Å²) in [4.78, 5) is 22.2. The van der Waals surface area contributed by atoms with Crippen molar-refractivity contribution in [2.45, 2.75) is 6.92 Å². The molecule has 0 saturated carbocycles. The molecule has 0 aliphatic rings. The second-order valence-corrected chi connectivity index (χ2v) is 4.20. The molecule has 1 rings (SSSR count). The second-order valence-electron chi connectivity index (χ2n) is 4.20. The predicted octanol–water partition coefficient (Wildman–Crippen LogP) is 2.24. The number of rotatable bonds is 10. The van der Waals surface area contributed by atoms with E-state index in [2.05, 4.69) is 9.91 Å². The molecule has 0 unspecified atom stereocenters. The molecule has 126 valence electrons. The lowest BCUT2D eigenvalue weighted by Crippen LogP contribution is -2.08. The van der Waals surface area contributed by atoms with E-state index in [1.807, 2.05) is 0 Å². The van der Waals surface area contributed by atoms with Gasteiger partial charge in [0.15, 0.2) is 12.6 Å². The first-order chi connectivity index (χ1) is 11.1. The van der Waals surface area contributed by atoms with Gasteiger partial charge in [0, 0.05) is 12.7 Å². The van der Waals surface area contributed by atoms with Crippen molar-refractivity contribution in [1.29, 1.82) is 0 Å². The fourth-order valence-corrected chi connectivity index (χ4v) is 1.53. The van der Waals surface area contributed by atoms with Gasteiger partial charge in [0.25, 0.3) is 0 Å². The molecule has 23 heavy (non-hydrogen) atoms. The summed E-state index contributed by atoms with van der Waals surface area (Å²) in [6, 6.07) is 6.06. The van der Waals surface area contributed by atoms with Gasteiger partial charge in [0.2, 0.25) is 5.70 Å². The number of aliphatic hydroxyl groups excluding tert-OH is 1. The Balaban J connectivity index is 2.70. The molecule has 0 radical (unpaired) electrons. The van der Waals surface area contributed by atoms with E-state index in [9.17, 15) is 14.8 Å². The van der Waals surface area contributed by atoms with E-state index in [1.54, 1.807) is 26.2 Å². The van der Waals surface area contributed by atoms with Crippen molar-refractivity contribution < 1.29 is 28.8 Å². The summed E-state index contributed by atoms with van der Waals surface area (Å²) >= 11 is 0. The average Bonchev–Trinajstić information content (AvgIpc) is 2.56. The molecule has 0 heterocycles. The summed E-state index contributed by atoms with van der Waals surface area (Å²) in [7, 11) is 1.57. The van der Waals surface area contributed by atoms with Crippen LogP contribution in [-0.2, 0) is 19.0 Å². The number of esters is 1. The number of methoxy groups -OCH3 is 1. The van der Waals surface area contributed by atoms with Crippen molar-refractivity contribution in [1.82, 2.24) is 0 Å². The number of aliphatic hydroxyl groups is 1. The van der Waals surface area contributed by atoms with Crippen LogP contribution in [0.3, 0.4) is 0 Å². The minimum absolute atomic E-state index is 0.0501. The Bertz CT molecular complexity index is 539. The van der Waals surface area contributed by atoms with E-state index in [4.69, 9.17) is 14.2 Å².